The van der Waals surface area contributed by atoms with Gasteiger partial charge in [0, 0.05) is 31.6 Å². The van der Waals surface area contributed by atoms with E-state index in [9.17, 15) is 19.2 Å². The van der Waals surface area contributed by atoms with Crippen molar-refractivity contribution in [1.29, 1.82) is 0 Å². The summed E-state index contributed by atoms with van der Waals surface area (Å²) in [6.45, 7) is 4.56. The van der Waals surface area contributed by atoms with Crippen LogP contribution in [0.4, 0.5) is 9.59 Å². The number of fused-ring (bicyclic) bond motifs is 1. The maximum atomic E-state index is 13.9. The van der Waals surface area contributed by atoms with Gasteiger partial charge < -0.3 is 39.3 Å². The van der Waals surface area contributed by atoms with Crippen LogP contribution >= 0.6 is 0 Å². The van der Waals surface area contributed by atoms with Crippen LogP contribution in [0.5, 0.6) is 0 Å². The van der Waals surface area contributed by atoms with Crippen LogP contribution in [-0.2, 0) is 23.8 Å². The molecule has 4 N–H and O–H groups in total. The second-order valence-electron chi connectivity index (χ2n) is 16.0. The van der Waals surface area contributed by atoms with Gasteiger partial charge in [-0.15, -0.1) is 0 Å². The number of carbonyl (C=O) groups is 4. The van der Waals surface area contributed by atoms with Crippen molar-refractivity contribution in [3.63, 3.8) is 0 Å². The number of rotatable bonds is 11. The highest BCUT2D eigenvalue weighted by atomic mass is 16.5. The first-order valence-electron chi connectivity index (χ1n) is 21.0. The molecule has 318 valence electrons. The predicted molar refractivity (Wildman–Crippen MR) is 229 cm³/mol. The van der Waals surface area contributed by atoms with Crippen molar-refractivity contribution in [3.8, 4) is 33.6 Å². The maximum absolute atomic E-state index is 13.9. The van der Waals surface area contributed by atoms with Crippen molar-refractivity contribution in [3.05, 3.63) is 96.0 Å². The van der Waals surface area contributed by atoms with E-state index in [4.69, 9.17) is 19.4 Å². The molecule has 3 unspecified atom stereocenters. The number of alkyl carbamates (subject to hydrolysis) is 2. The molecule has 3 aromatic carbocycles. The van der Waals surface area contributed by atoms with E-state index in [2.05, 4.69) is 86.0 Å². The van der Waals surface area contributed by atoms with Crippen LogP contribution in [0.25, 0.3) is 44.4 Å². The van der Waals surface area contributed by atoms with Crippen LogP contribution in [0.15, 0.2) is 84.3 Å². The molecule has 0 saturated carbocycles. The van der Waals surface area contributed by atoms with Crippen LogP contribution in [0, 0.1) is 5.92 Å². The predicted octanol–water partition coefficient (Wildman–Crippen LogP) is 7.42. The molecule has 3 saturated heterocycles. The number of aromatic amines is 2. The number of likely N-dealkylation sites (tertiary alicyclic amines) is 2. The Bertz CT molecular complexity index is 2430. The standard InChI is InChI=1S/C46H52N8O7/c1-28(25-49-45(57)59-2)22-40(55)53-18-4-6-38(53)42-48-27-37(51-42)35-15-14-33-23-32(12-13-34(33)24-35)29-8-10-30(11-9-29)36-26-47-43(50-36)39-7-5-19-54(39)44(56)41(52-46(58)60-3)31-16-20-61-21-17-31/h8-15,23-24,26-28,38-39H,4-7,16-22,25H2,1-3H3,(H,47,50)(H,48,51)(H,49,57)(H,52,58). The van der Waals surface area contributed by atoms with Crippen molar-refractivity contribution >= 4 is 34.8 Å². The van der Waals surface area contributed by atoms with E-state index >= 15 is 0 Å². The molecule has 5 aromatic rings. The molecule has 15 heteroatoms. The average molecular weight is 829 g/mol. The van der Waals surface area contributed by atoms with Gasteiger partial charge in [0.05, 0.1) is 63.3 Å². The highest BCUT2D eigenvalue weighted by Crippen LogP contribution is 2.36. The van der Waals surface area contributed by atoms with E-state index in [1.165, 1.54) is 14.2 Å². The highest BCUT2D eigenvalue weighted by molar-refractivity contribution is 5.97. The minimum Gasteiger partial charge on any atom is -0.453 e. The zero-order valence-electron chi connectivity index (χ0n) is 34.8. The van der Waals surface area contributed by atoms with Crippen molar-refractivity contribution < 1.29 is 33.4 Å². The van der Waals surface area contributed by atoms with E-state index in [0.717, 1.165) is 81.5 Å². The Labute approximate surface area is 354 Å². The quantitative estimate of drug-likeness (QED) is 0.0985. The number of nitrogens with zero attached hydrogens (tertiary/aromatic N) is 4. The zero-order chi connectivity index (χ0) is 42.5. The Hall–Kier alpha value is -6.48. The minimum atomic E-state index is -0.667. The number of hydrogen-bond donors (Lipinski definition) is 4. The number of nitrogens with one attached hydrogen (secondary N) is 4. The van der Waals surface area contributed by atoms with Crippen LogP contribution in [0.3, 0.4) is 0 Å². The molecular formula is C46H52N8O7. The van der Waals surface area contributed by atoms with Gasteiger partial charge in [0.2, 0.25) is 5.91 Å². The van der Waals surface area contributed by atoms with Gasteiger partial charge in [0.1, 0.15) is 17.3 Å². The lowest BCUT2D eigenvalue weighted by molar-refractivity contribution is -0.133. The third-order valence-corrected chi connectivity index (χ3v) is 12.0. The number of carbonyl (C=O) groups excluding carboxylic acids is 4. The largest absolute Gasteiger partial charge is 0.453 e. The molecule has 5 heterocycles. The number of H-pyrrole nitrogens is 2. The Balaban J connectivity index is 0.920. The Morgan fingerprint density at radius 1 is 0.754 bits per heavy atom. The van der Waals surface area contributed by atoms with Crippen LogP contribution < -0.4 is 10.6 Å². The van der Waals surface area contributed by atoms with Gasteiger partial charge in [-0.3, -0.25) is 14.9 Å². The Morgan fingerprint density at radius 3 is 1.97 bits per heavy atom. The topological polar surface area (TPSA) is 184 Å². The summed E-state index contributed by atoms with van der Waals surface area (Å²) in [6, 6.07) is 20.8. The fourth-order valence-corrected chi connectivity index (χ4v) is 8.66. The summed E-state index contributed by atoms with van der Waals surface area (Å²) >= 11 is 0. The average Bonchev–Trinajstić information content (AvgIpc) is 4.14. The summed E-state index contributed by atoms with van der Waals surface area (Å²) in [7, 11) is 2.61. The fourth-order valence-electron chi connectivity index (χ4n) is 8.66. The first-order chi connectivity index (χ1) is 29.7. The van der Waals surface area contributed by atoms with Crippen molar-refractivity contribution in [2.24, 2.45) is 5.92 Å². The highest BCUT2D eigenvalue weighted by Gasteiger charge is 2.36. The molecule has 0 aliphatic carbocycles. The Kier molecular flexibility index (Phi) is 12.5. The van der Waals surface area contributed by atoms with Crippen LogP contribution in [0.1, 0.15) is 75.6 Å². The van der Waals surface area contributed by atoms with Crippen molar-refractivity contribution in [2.75, 3.05) is 47.1 Å². The monoisotopic (exact) mass is 828 g/mol. The summed E-state index contributed by atoms with van der Waals surface area (Å²) in [4.78, 5) is 71.0. The van der Waals surface area contributed by atoms with Crippen LogP contribution in [0.2, 0.25) is 0 Å². The molecular weight excluding hydrogens is 777 g/mol. The molecule has 3 aliphatic heterocycles. The van der Waals surface area contributed by atoms with Crippen molar-refractivity contribution in [2.45, 2.75) is 64.0 Å². The molecule has 2 aromatic heterocycles. The molecule has 0 spiro atoms. The van der Waals surface area contributed by atoms with Gasteiger partial charge in [0.25, 0.3) is 5.91 Å². The van der Waals surface area contributed by atoms with Gasteiger partial charge in [-0.1, -0.05) is 55.5 Å². The molecule has 8 rings (SSSR count). The molecule has 61 heavy (non-hydrogen) atoms. The van der Waals surface area contributed by atoms with E-state index in [-0.39, 0.29) is 35.5 Å². The molecule has 3 fully saturated rings. The van der Waals surface area contributed by atoms with E-state index in [0.29, 0.717) is 57.9 Å². The lowest BCUT2D eigenvalue weighted by atomic mass is 9.98. The lowest BCUT2D eigenvalue weighted by Crippen LogP contribution is -2.39. The maximum Gasteiger partial charge on any atom is 0.411 e. The third-order valence-electron chi connectivity index (χ3n) is 12.0. The zero-order valence-corrected chi connectivity index (χ0v) is 34.8. The number of imidazole rings is 2. The smallest absolute Gasteiger partial charge is 0.411 e. The first-order valence-corrected chi connectivity index (χ1v) is 21.0. The van der Waals surface area contributed by atoms with Gasteiger partial charge in [-0.2, -0.15) is 0 Å². The minimum absolute atomic E-state index is 0.0244. The summed E-state index contributed by atoms with van der Waals surface area (Å²) in [6.07, 6.45) is 7.30. The van der Waals surface area contributed by atoms with E-state index in [1.54, 1.807) is 4.90 Å². The summed E-state index contributed by atoms with van der Waals surface area (Å²) in [5, 5.41) is 7.58. The lowest BCUT2D eigenvalue weighted by Gasteiger charge is -2.27. The van der Waals surface area contributed by atoms with Crippen LogP contribution in [-0.4, -0.2) is 101 Å². The number of methoxy groups -OCH3 is 2. The van der Waals surface area contributed by atoms with E-state index in [1.807, 2.05) is 24.2 Å². The second kappa shape index (κ2) is 18.4. The molecule has 4 amide bonds. The molecule has 0 radical (unpaired) electrons. The molecule has 15 nitrogen and oxygen atoms in total. The third kappa shape index (κ3) is 9.16. The van der Waals surface area contributed by atoms with Gasteiger partial charge >= 0.3 is 12.2 Å². The number of hydrogen-bond acceptors (Lipinski definition) is 9. The summed E-state index contributed by atoms with van der Waals surface area (Å²) in [5.74, 6) is 1.29. The summed E-state index contributed by atoms with van der Waals surface area (Å²) < 4.78 is 15.0. The van der Waals surface area contributed by atoms with Gasteiger partial charge in [0.15, 0.2) is 0 Å². The Morgan fingerprint density at radius 2 is 1.31 bits per heavy atom. The van der Waals surface area contributed by atoms with Gasteiger partial charge in [-0.05, 0) is 89.6 Å². The number of ether oxygens (including phenoxy) is 3. The van der Waals surface area contributed by atoms with Gasteiger partial charge in [-0.25, -0.2) is 19.6 Å². The first kappa shape index (κ1) is 41.3. The molecule has 0 bridgehead atoms. The number of aromatic nitrogens is 4. The number of amides is 4. The van der Waals surface area contributed by atoms with E-state index < -0.39 is 12.2 Å². The number of benzene rings is 3. The van der Waals surface area contributed by atoms with Crippen molar-refractivity contribution in [1.82, 2.24) is 40.4 Å². The molecule has 3 aliphatic rings. The summed E-state index contributed by atoms with van der Waals surface area (Å²) in [5.41, 5.74) is 7.07. The fraction of sp³-hybridized carbons (Fsp3) is 0.391. The molecule has 3 atom stereocenters. The second-order valence-corrected chi connectivity index (χ2v) is 16.0. The SMILES string of the molecule is COC(=O)NCC(C)CC(=O)N1CCCC1c1ncc(-c2ccc3cc(-c4ccc(-c5cnc(C6CCCN6C(=O)C(NC(=O)OC)=C6CCOCC6)[nH]5)cc4)ccc3c2)[nH]1. The normalized spacial score (nSPS) is 18.2.